The molecule has 25 heavy (non-hydrogen) atoms. The van der Waals surface area contributed by atoms with Gasteiger partial charge in [0, 0.05) is 32.0 Å². The number of ether oxygens (including phenoxy) is 1. The van der Waals surface area contributed by atoms with Gasteiger partial charge >= 0.3 is 0 Å². The Kier molecular flexibility index (Phi) is 5.14. The third kappa shape index (κ3) is 3.88. The van der Waals surface area contributed by atoms with E-state index in [0.717, 1.165) is 11.3 Å². The number of aromatic nitrogens is 2. The molecule has 0 radical (unpaired) electrons. The number of methoxy groups -OCH3 is 1. The van der Waals surface area contributed by atoms with Crippen LogP contribution in [0.15, 0.2) is 36.5 Å². The number of nitrogens with zero attached hydrogens (tertiary/aromatic N) is 3. The van der Waals surface area contributed by atoms with Crippen molar-refractivity contribution in [2.45, 2.75) is 19.5 Å². The first-order valence-electron chi connectivity index (χ1n) is 8.22. The summed E-state index contributed by atoms with van der Waals surface area (Å²) in [5.74, 6) is -0.192. The molecule has 1 aromatic carbocycles. The molecule has 1 N–H and O–H groups in total. The van der Waals surface area contributed by atoms with Gasteiger partial charge in [-0.25, -0.2) is 0 Å². The maximum absolute atomic E-state index is 12.9. The molecule has 1 aliphatic heterocycles. The molecule has 1 aromatic heterocycles. The highest BCUT2D eigenvalue weighted by molar-refractivity contribution is 5.94. The largest absolute Gasteiger partial charge is 0.375 e. The third-order valence-electron chi connectivity index (χ3n) is 4.24. The number of rotatable bonds is 5. The predicted molar refractivity (Wildman–Crippen MR) is 92.1 cm³/mol. The quantitative estimate of drug-likeness (QED) is 0.884. The lowest BCUT2D eigenvalue weighted by atomic mass is 10.1. The maximum atomic E-state index is 12.9. The van der Waals surface area contributed by atoms with Crippen molar-refractivity contribution in [2.75, 3.05) is 26.8 Å². The van der Waals surface area contributed by atoms with E-state index in [1.807, 2.05) is 41.9 Å². The number of carbonyl (C=O) groups excluding carboxylic acids is 2. The minimum atomic E-state index is -0.182. The third-order valence-corrected chi connectivity index (χ3v) is 4.24. The van der Waals surface area contributed by atoms with E-state index in [4.69, 9.17) is 4.74 Å². The van der Waals surface area contributed by atoms with Gasteiger partial charge < -0.3 is 15.0 Å². The molecule has 0 saturated carbocycles. The van der Waals surface area contributed by atoms with Crippen LogP contribution in [0.3, 0.4) is 0 Å². The Morgan fingerprint density at radius 2 is 2.20 bits per heavy atom. The van der Waals surface area contributed by atoms with E-state index in [-0.39, 0.29) is 24.5 Å². The average molecular weight is 342 g/mol. The number of hydrogen-bond donors (Lipinski definition) is 1. The molecule has 0 saturated heterocycles. The summed E-state index contributed by atoms with van der Waals surface area (Å²) in [5.41, 5.74) is 2.68. The Morgan fingerprint density at radius 1 is 1.36 bits per heavy atom. The van der Waals surface area contributed by atoms with Gasteiger partial charge in [0.2, 0.25) is 5.91 Å². The zero-order valence-corrected chi connectivity index (χ0v) is 14.4. The van der Waals surface area contributed by atoms with Gasteiger partial charge in [0.25, 0.3) is 5.91 Å². The molecule has 1 atom stereocenters. The molecule has 0 bridgehead atoms. The molecular formula is C18H22N4O3. The van der Waals surface area contributed by atoms with Gasteiger partial charge in [0.05, 0.1) is 18.3 Å². The zero-order chi connectivity index (χ0) is 17.8. The Morgan fingerprint density at radius 3 is 2.96 bits per heavy atom. The van der Waals surface area contributed by atoms with Crippen LogP contribution in [-0.2, 0) is 16.1 Å². The van der Waals surface area contributed by atoms with Crippen LogP contribution in [0.4, 0.5) is 0 Å². The highest BCUT2D eigenvalue weighted by Crippen LogP contribution is 2.22. The van der Waals surface area contributed by atoms with Crippen molar-refractivity contribution in [3.05, 3.63) is 53.3 Å². The number of benzene rings is 1. The van der Waals surface area contributed by atoms with Gasteiger partial charge in [0.15, 0.2) is 0 Å². The number of fused-ring (bicyclic) bond motifs is 1. The number of carbonyl (C=O) groups is 2. The number of nitrogens with one attached hydrogen (secondary N) is 1. The second kappa shape index (κ2) is 7.48. The highest BCUT2D eigenvalue weighted by atomic mass is 16.5. The van der Waals surface area contributed by atoms with E-state index >= 15 is 0 Å². The van der Waals surface area contributed by atoms with Crippen molar-refractivity contribution in [3.8, 4) is 0 Å². The van der Waals surface area contributed by atoms with Crippen molar-refractivity contribution in [2.24, 2.45) is 0 Å². The highest BCUT2D eigenvalue weighted by Gasteiger charge is 2.29. The van der Waals surface area contributed by atoms with Gasteiger partial charge in [-0.1, -0.05) is 17.7 Å². The summed E-state index contributed by atoms with van der Waals surface area (Å²) in [6.45, 7) is 3.39. The van der Waals surface area contributed by atoms with Crippen molar-refractivity contribution in [1.29, 1.82) is 0 Å². The Bertz CT molecular complexity index is 771. The van der Waals surface area contributed by atoms with Gasteiger partial charge in [-0.15, -0.1) is 0 Å². The van der Waals surface area contributed by atoms with Crippen LogP contribution in [-0.4, -0.2) is 53.3 Å². The molecule has 0 unspecified atom stereocenters. The Balaban J connectivity index is 1.75. The monoisotopic (exact) mass is 342 g/mol. The topological polar surface area (TPSA) is 76.5 Å². The summed E-state index contributed by atoms with van der Waals surface area (Å²) in [5, 5.41) is 7.17. The first kappa shape index (κ1) is 17.2. The maximum Gasteiger partial charge on any atom is 0.254 e. The molecule has 7 nitrogen and oxygen atoms in total. The zero-order valence-electron chi connectivity index (χ0n) is 14.4. The Hall–Kier alpha value is -2.67. The summed E-state index contributed by atoms with van der Waals surface area (Å²) in [7, 11) is 1.48. The lowest BCUT2D eigenvalue weighted by molar-refractivity contribution is -0.124. The SMILES string of the molecule is COCC(=O)NC[C@H]1CN(C(=O)c2cccc(C)c2)Cc2ccnn21. The second-order valence-electron chi connectivity index (χ2n) is 6.21. The fourth-order valence-electron chi connectivity index (χ4n) is 3.07. The van der Waals surface area contributed by atoms with Crippen LogP contribution in [0, 0.1) is 6.92 Å². The van der Waals surface area contributed by atoms with Crippen LogP contribution < -0.4 is 5.32 Å². The van der Waals surface area contributed by atoms with Crippen LogP contribution >= 0.6 is 0 Å². The van der Waals surface area contributed by atoms with Gasteiger partial charge in [-0.2, -0.15) is 5.10 Å². The minimum absolute atomic E-state index is 0.00984. The van der Waals surface area contributed by atoms with Crippen molar-refractivity contribution < 1.29 is 14.3 Å². The summed E-state index contributed by atoms with van der Waals surface area (Å²) in [6.07, 6.45) is 1.72. The smallest absolute Gasteiger partial charge is 0.254 e. The van der Waals surface area contributed by atoms with Crippen LogP contribution in [0.25, 0.3) is 0 Å². The molecule has 0 aliphatic carbocycles. The molecule has 2 amide bonds. The van der Waals surface area contributed by atoms with E-state index in [1.54, 1.807) is 11.1 Å². The van der Waals surface area contributed by atoms with Gasteiger partial charge in [-0.05, 0) is 25.1 Å². The summed E-state index contributed by atoms with van der Waals surface area (Å²) in [4.78, 5) is 26.3. The van der Waals surface area contributed by atoms with E-state index in [1.165, 1.54) is 7.11 Å². The molecular weight excluding hydrogens is 320 g/mol. The minimum Gasteiger partial charge on any atom is -0.375 e. The van der Waals surface area contributed by atoms with Crippen molar-refractivity contribution >= 4 is 11.8 Å². The Labute approximate surface area is 146 Å². The number of aryl methyl sites for hydroxylation is 1. The molecule has 1 aliphatic rings. The van der Waals surface area contributed by atoms with E-state index in [9.17, 15) is 9.59 Å². The van der Waals surface area contributed by atoms with Crippen molar-refractivity contribution in [1.82, 2.24) is 20.0 Å². The lowest BCUT2D eigenvalue weighted by Crippen LogP contribution is -2.45. The summed E-state index contributed by atoms with van der Waals surface area (Å²) < 4.78 is 6.71. The summed E-state index contributed by atoms with van der Waals surface area (Å²) in [6, 6.07) is 9.38. The number of hydrogen-bond acceptors (Lipinski definition) is 4. The molecule has 2 heterocycles. The van der Waals surface area contributed by atoms with Crippen LogP contribution in [0.5, 0.6) is 0 Å². The van der Waals surface area contributed by atoms with Gasteiger partial charge in [-0.3, -0.25) is 14.3 Å². The second-order valence-corrected chi connectivity index (χ2v) is 6.21. The molecule has 0 fully saturated rings. The molecule has 132 valence electrons. The normalized spacial score (nSPS) is 16.4. The predicted octanol–water partition coefficient (Wildman–Crippen LogP) is 1.15. The molecule has 7 heteroatoms. The van der Waals surface area contributed by atoms with E-state index in [2.05, 4.69) is 10.4 Å². The van der Waals surface area contributed by atoms with Crippen molar-refractivity contribution in [3.63, 3.8) is 0 Å². The first-order chi connectivity index (χ1) is 12.1. The summed E-state index contributed by atoms with van der Waals surface area (Å²) >= 11 is 0. The van der Waals surface area contributed by atoms with E-state index in [0.29, 0.717) is 25.2 Å². The number of amides is 2. The standard InChI is InChI=1S/C18H22N4O3/c1-13-4-3-5-14(8-13)18(24)21-10-15-6-7-20-22(15)16(11-21)9-19-17(23)12-25-2/h3-8,16H,9-12H2,1-2H3,(H,19,23)/t16-/m0/s1. The average Bonchev–Trinajstić information content (AvgIpc) is 3.08. The lowest BCUT2D eigenvalue weighted by Gasteiger charge is -2.34. The van der Waals surface area contributed by atoms with Crippen LogP contribution in [0.1, 0.15) is 27.7 Å². The van der Waals surface area contributed by atoms with Gasteiger partial charge in [0.1, 0.15) is 6.61 Å². The fraction of sp³-hybridized carbons (Fsp3) is 0.389. The van der Waals surface area contributed by atoms with Crippen LogP contribution in [0.2, 0.25) is 0 Å². The fourth-order valence-corrected chi connectivity index (χ4v) is 3.07. The van der Waals surface area contributed by atoms with E-state index < -0.39 is 0 Å². The first-order valence-corrected chi connectivity index (χ1v) is 8.22. The molecule has 0 spiro atoms. The molecule has 2 aromatic rings. The molecule has 3 rings (SSSR count).